The van der Waals surface area contributed by atoms with Crippen molar-refractivity contribution >= 4 is 11.6 Å². The number of nitrogen functional groups attached to an aromatic ring is 1. The van der Waals surface area contributed by atoms with Crippen LogP contribution in [0.2, 0.25) is 0 Å². The standard InChI is InChI=1S/C16H18N2O3/c1-20-14-8-7-11(9-15(14)21-2)10-18-16(19)12-5-3-4-6-13(12)17/h3-9H,10,17H2,1-2H3,(H,18,19). The molecule has 0 bridgehead atoms. The van der Waals surface area contributed by atoms with Crippen molar-refractivity contribution in [2.45, 2.75) is 6.54 Å². The second kappa shape index (κ2) is 6.65. The van der Waals surface area contributed by atoms with Gasteiger partial charge in [-0.25, -0.2) is 0 Å². The quantitative estimate of drug-likeness (QED) is 0.827. The number of hydrogen-bond donors (Lipinski definition) is 2. The van der Waals surface area contributed by atoms with Gasteiger partial charge in [0.1, 0.15) is 0 Å². The van der Waals surface area contributed by atoms with Crippen LogP contribution in [0.5, 0.6) is 11.5 Å². The van der Waals surface area contributed by atoms with E-state index in [4.69, 9.17) is 15.2 Å². The molecule has 0 saturated carbocycles. The number of amides is 1. The second-order valence-electron chi connectivity index (χ2n) is 4.46. The second-order valence-corrected chi connectivity index (χ2v) is 4.46. The lowest BCUT2D eigenvalue weighted by Crippen LogP contribution is -2.23. The summed E-state index contributed by atoms with van der Waals surface area (Å²) in [4.78, 5) is 12.1. The van der Waals surface area contributed by atoms with Gasteiger partial charge in [0.15, 0.2) is 11.5 Å². The molecule has 1 amide bonds. The Hall–Kier alpha value is -2.69. The van der Waals surface area contributed by atoms with Gasteiger partial charge in [0.25, 0.3) is 5.91 Å². The summed E-state index contributed by atoms with van der Waals surface area (Å²) in [7, 11) is 3.16. The molecule has 0 aliphatic heterocycles. The summed E-state index contributed by atoms with van der Waals surface area (Å²) in [6, 6.07) is 12.5. The SMILES string of the molecule is COc1ccc(CNC(=O)c2ccccc2N)cc1OC. The van der Waals surface area contributed by atoms with Gasteiger partial charge in [-0.2, -0.15) is 0 Å². The van der Waals surface area contributed by atoms with Crippen molar-refractivity contribution in [2.75, 3.05) is 20.0 Å². The number of nitrogens with two attached hydrogens (primary N) is 1. The summed E-state index contributed by atoms with van der Waals surface area (Å²) < 4.78 is 10.4. The Morgan fingerprint density at radius 2 is 1.81 bits per heavy atom. The van der Waals surface area contributed by atoms with Gasteiger partial charge in [0.2, 0.25) is 0 Å². The lowest BCUT2D eigenvalue weighted by atomic mass is 10.1. The molecule has 0 aliphatic carbocycles. The first-order valence-electron chi connectivity index (χ1n) is 6.49. The van der Waals surface area contributed by atoms with Crippen molar-refractivity contribution in [2.24, 2.45) is 0 Å². The molecule has 0 aromatic heterocycles. The number of carbonyl (C=O) groups excluding carboxylic acids is 1. The molecule has 2 aromatic carbocycles. The maximum atomic E-state index is 12.1. The number of hydrogen-bond acceptors (Lipinski definition) is 4. The zero-order chi connectivity index (χ0) is 15.2. The average Bonchev–Trinajstić information content (AvgIpc) is 2.52. The summed E-state index contributed by atoms with van der Waals surface area (Å²) in [6.45, 7) is 0.382. The van der Waals surface area contributed by atoms with E-state index in [9.17, 15) is 4.79 Å². The van der Waals surface area contributed by atoms with E-state index >= 15 is 0 Å². The number of ether oxygens (including phenoxy) is 2. The van der Waals surface area contributed by atoms with Crippen LogP contribution >= 0.6 is 0 Å². The maximum Gasteiger partial charge on any atom is 0.253 e. The highest BCUT2D eigenvalue weighted by atomic mass is 16.5. The number of rotatable bonds is 5. The minimum Gasteiger partial charge on any atom is -0.493 e. The fourth-order valence-corrected chi connectivity index (χ4v) is 1.97. The normalized spacial score (nSPS) is 10.0. The molecule has 21 heavy (non-hydrogen) atoms. The monoisotopic (exact) mass is 286 g/mol. The van der Waals surface area contributed by atoms with E-state index in [1.807, 2.05) is 12.1 Å². The fraction of sp³-hybridized carbons (Fsp3) is 0.188. The van der Waals surface area contributed by atoms with Gasteiger partial charge < -0.3 is 20.5 Å². The third-order valence-corrected chi connectivity index (χ3v) is 3.11. The molecule has 5 heteroatoms. The molecular formula is C16H18N2O3. The van der Waals surface area contributed by atoms with Crippen molar-refractivity contribution in [3.05, 3.63) is 53.6 Å². The molecule has 2 rings (SSSR count). The van der Waals surface area contributed by atoms with E-state index in [-0.39, 0.29) is 5.91 Å². The van der Waals surface area contributed by atoms with Crippen LogP contribution in [-0.4, -0.2) is 20.1 Å². The fourth-order valence-electron chi connectivity index (χ4n) is 1.97. The van der Waals surface area contributed by atoms with Crippen molar-refractivity contribution < 1.29 is 14.3 Å². The van der Waals surface area contributed by atoms with Gasteiger partial charge in [0, 0.05) is 12.2 Å². The van der Waals surface area contributed by atoms with Crippen LogP contribution in [0.3, 0.4) is 0 Å². The summed E-state index contributed by atoms with van der Waals surface area (Å²) in [6.07, 6.45) is 0. The van der Waals surface area contributed by atoms with E-state index in [2.05, 4.69) is 5.32 Å². The molecule has 0 spiro atoms. The molecule has 0 fully saturated rings. The van der Waals surface area contributed by atoms with Gasteiger partial charge in [-0.1, -0.05) is 18.2 Å². The third kappa shape index (κ3) is 3.45. The van der Waals surface area contributed by atoms with E-state index in [0.717, 1.165) is 5.56 Å². The molecule has 0 aliphatic rings. The number of anilines is 1. The zero-order valence-corrected chi connectivity index (χ0v) is 12.1. The van der Waals surface area contributed by atoms with Crippen molar-refractivity contribution in [1.82, 2.24) is 5.32 Å². The van der Waals surface area contributed by atoms with E-state index in [0.29, 0.717) is 29.3 Å². The van der Waals surface area contributed by atoms with Gasteiger partial charge in [0.05, 0.1) is 19.8 Å². The molecule has 0 heterocycles. The largest absolute Gasteiger partial charge is 0.493 e. The van der Waals surface area contributed by atoms with Crippen LogP contribution < -0.4 is 20.5 Å². The highest BCUT2D eigenvalue weighted by molar-refractivity contribution is 5.98. The Kier molecular flexibility index (Phi) is 4.66. The number of para-hydroxylation sites is 1. The van der Waals surface area contributed by atoms with Crippen LogP contribution in [0.4, 0.5) is 5.69 Å². The van der Waals surface area contributed by atoms with Gasteiger partial charge >= 0.3 is 0 Å². The van der Waals surface area contributed by atoms with Crippen LogP contribution in [0.1, 0.15) is 15.9 Å². The van der Waals surface area contributed by atoms with Crippen LogP contribution in [0.25, 0.3) is 0 Å². The third-order valence-electron chi connectivity index (χ3n) is 3.11. The Morgan fingerprint density at radius 1 is 1.10 bits per heavy atom. The first-order chi connectivity index (χ1) is 10.2. The maximum absolute atomic E-state index is 12.1. The van der Waals surface area contributed by atoms with Crippen LogP contribution in [0, 0.1) is 0 Å². The van der Waals surface area contributed by atoms with E-state index in [1.54, 1.807) is 44.6 Å². The summed E-state index contributed by atoms with van der Waals surface area (Å²) >= 11 is 0. The van der Waals surface area contributed by atoms with Gasteiger partial charge in [-0.3, -0.25) is 4.79 Å². The number of carbonyl (C=O) groups is 1. The highest BCUT2D eigenvalue weighted by Crippen LogP contribution is 2.27. The molecule has 5 nitrogen and oxygen atoms in total. The molecule has 3 N–H and O–H groups in total. The number of methoxy groups -OCH3 is 2. The lowest BCUT2D eigenvalue weighted by Gasteiger charge is -2.11. The Labute approximate surface area is 123 Å². The van der Waals surface area contributed by atoms with Crippen molar-refractivity contribution in [1.29, 1.82) is 0 Å². The minimum atomic E-state index is -0.206. The molecule has 0 atom stereocenters. The van der Waals surface area contributed by atoms with Crippen molar-refractivity contribution in [3.8, 4) is 11.5 Å². The molecule has 110 valence electrons. The molecule has 0 radical (unpaired) electrons. The molecular weight excluding hydrogens is 268 g/mol. The summed E-state index contributed by atoms with van der Waals surface area (Å²) in [5, 5.41) is 2.83. The number of nitrogens with one attached hydrogen (secondary N) is 1. The first-order valence-corrected chi connectivity index (χ1v) is 6.49. The zero-order valence-electron chi connectivity index (χ0n) is 12.1. The molecule has 0 saturated heterocycles. The predicted molar refractivity (Wildman–Crippen MR) is 81.6 cm³/mol. The number of benzene rings is 2. The Bertz CT molecular complexity index is 641. The Balaban J connectivity index is 2.06. The van der Waals surface area contributed by atoms with Crippen LogP contribution in [0.15, 0.2) is 42.5 Å². The van der Waals surface area contributed by atoms with Gasteiger partial charge in [-0.05, 0) is 29.8 Å². The summed E-state index contributed by atoms with van der Waals surface area (Å²) in [5.74, 6) is 1.08. The highest BCUT2D eigenvalue weighted by Gasteiger charge is 2.09. The smallest absolute Gasteiger partial charge is 0.253 e. The molecule has 0 unspecified atom stereocenters. The predicted octanol–water partition coefficient (Wildman–Crippen LogP) is 2.22. The average molecular weight is 286 g/mol. The Morgan fingerprint density at radius 3 is 2.48 bits per heavy atom. The van der Waals surface area contributed by atoms with Crippen LogP contribution in [-0.2, 0) is 6.54 Å². The van der Waals surface area contributed by atoms with Gasteiger partial charge in [-0.15, -0.1) is 0 Å². The van der Waals surface area contributed by atoms with Crippen molar-refractivity contribution in [3.63, 3.8) is 0 Å². The van der Waals surface area contributed by atoms with E-state index in [1.165, 1.54) is 0 Å². The lowest BCUT2D eigenvalue weighted by molar-refractivity contribution is 0.0952. The minimum absolute atomic E-state index is 0.206. The summed E-state index contributed by atoms with van der Waals surface area (Å²) in [5.41, 5.74) is 7.62. The molecule has 2 aromatic rings. The first kappa shape index (κ1) is 14.7. The topological polar surface area (TPSA) is 73.6 Å². The van der Waals surface area contributed by atoms with E-state index < -0.39 is 0 Å².